The van der Waals surface area contributed by atoms with E-state index >= 15 is 0 Å². The van der Waals surface area contributed by atoms with E-state index in [4.69, 9.17) is 5.73 Å². The normalized spacial score (nSPS) is 12.2. The van der Waals surface area contributed by atoms with Crippen molar-refractivity contribution in [3.05, 3.63) is 29.8 Å². The molecule has 0 fully saturated rings. The van der Waals surface area contributed by atoms with Crippen molar-refractivity contribution < 1.29 is 14.4 Å². The van der Waals surface area contributed by atoms with Crippen molar-refractivity contribution in [1.82, 2.24) is 10.6 Å². The number of para-hydroxylation sites is 1. The van der Waals surface area contributed by atoms with Gasteiger partial charge in [-0.2, -0.15) is 0 Å². The third kappa shape index (κ3) is 5.66. The third-order valence-corrected chi connectivity index (χ3v) is 3.28. The molecule has 3 amide bonds. The van der Waals surface area contributed by atoms with Gasteiger partial charge in [0, 0.05) is 18.5 Å². The smallest absolute Gasteiger partial charge is 0.253 e. The molecule has 0 saturated carbocycles. The molecule has 1 rings (SSSR count). The molecule has 1 aromatic rings. The number of rotatable bonds is 6. The Bertz CT molecular complexity index is 608. The number of benzene rings is 1. The lowest BCUT2D eigenvalue weighted by atomic mass is 9.95. The standard InChI is InChI=1S/C17H26N4O3/c1-11(20-16(24)17(2,3)4)14(22)21-13-8-6-5-7-12(13)15(23)19-10-9-18/h5-8,11H,9-10,18H2,1-4H3,(H,19,23)(H,20,24)(H,21,22). The number of amides is 3. The minimum absolute atomic E-state index is 0.223. The number of hydrogen-bond donors (Lipinski definition) is 4. The van der Waals surface area contributed by atoms with Crippen molar-refractivity contribution in [2.45, 2.75) is 33.7 Å². The van der Waals surface area contributed by atoms with Gasteiger partial charge < -0.3 is 21.7 Å². The van der Waals surface area contributed by atoms with Gasteiger partial charge in [0.25, 0.3) is 5.91 Å². The second-order valence-corrected chi connectivity index (χ2v) is 6.52. The third-order valence-electron chi connectivity index (χ3n) is 3.28. The van der Waals surface area contributed by atoms with Crippen LogP contribution in [0.2, 0.25) is 0 Å². The van der Waals surface area contributed by atoms with E-state index in [2.05, 4.69) is 16.0 Å². The average Bonchev–Trinajstić information content (AvgIpc) is 2.52. The Morgan fingerprint density at radius 2 is 1.79 bits per heavy atom. The molecule has 0 radical (unpaired) electrons. The average molecular weight is 334 g/mol. The van der Waals surface area contributed by atoms with Crippen molar-refractivity contribution in [3.63, 3.8) is 0 Å². The van der Waals surface area contributed by atoms with Crippen LogP contribution in [0.25, 0.3) is 0 Å². The van der Waals surface area contributed by atoms with E-state index in [-0.39, 0.29) is 11.8 Å². The lowest BCUT2D eigenvalue weighted by Gasteiger charge is -2.21. The molecule has 0 spiro atoms. The second kappa shape index (κ2) is 8.44. The summed E-state index contributed by atoms with van der Waals surface area (Å²) in [5.41, 5.74) is 5.51. The highest BCUT2D eigenvalue weighted by atomic mass is 16.2. The summed E-state index contributed by atoms with van der Waals surface area (Å²) < 4.78 is 0. The van der Waals surface area contributed by atoms with Gasteiger partial charge in [0.05, 0.1) is 11.3 Å². The predicted molar refractivity (Wildman–Crippen MR) is 93.5 cm³/mol. The zero-order valence-corrected chi connectivity index (χ0v) is 14.6. The van der Waals surface area contributed by atoms with Crippen molar-refractivity contribution >= 4 is 23.4 Å². The molecule has 0 aliphatic heterocycles. The van der Waals surface area contributed by atoms with E-state index in [1.54, 1.807) is 52.0 Å². The molecule has 5 N–H and O–H groups in total. The molecule has 1 atom stereocenters. The van der Waals surface area contributed by atoms with Crippen molar-refractivity contribution in [2.24, 2.45) is 11.1 Å². The van der Waals surface area contributed by atoms with Crippen LogP contribution in [-0.2, 0) is 9.59 Å². The molecule has 0 bridgehead atoms. The van der Waals surface area contributed by atoms with E-state index in [1.165, 1.54) is 0 Å². The number of anilines is 1. The van der Waals surface area contributed by atoms with Crippen molar-refractivity contribution in [3.8, 4) is 0 Å². The minimum Gasteiger partial charge on any atom is -0.351 e. The lowest BCUT2D eigenvalue weighted by molar-refractivity contribution is -0.131. The van der Waals surface area contributed by atoms with Crippen molar-refractivity contribution in [1.29, 1.82) is 0 Å². The first-order valence-corrected chi connectivity index (χ1v) is 7.86. The Kier molecular flexibility index (Phi) is 6.91. The van der Waals surface area contributed by atoms with E-state index in [0.29, 0.717) is 24.3 Å². The van der Waals surface area contributed by atoms with Crippen molar-refractivity contribution in [2.75, 3.05) is 18.4 Å². The molecular weight excluding hydrogens is 308 g/mol. The summed E-state index contributed by atoms with van der Waals surface area (Å²) >= 11 is 0. The molecule has 0 saturated heterocycles. The second-order valence-electron chi connectivity index (χ2n) is 6.52. The summed E-state index contributed by atoms with van der Waals surface area (Å²) in [6.07, 6.45) is 0. The zero-order valence-electron chi connectivity index (χ0n) is 14.6. The number of carbonyl (C=O) groups excluding carboxylic acids is 3. The van der Waals surface area contributed by atoms with Gasteiger partial charge in [-0.15, -0.1) is 0 Å². The first-order valence-electron chi connectivity index (χ1n) is 7.86. The molecule has 132 valence electrons. The molecule has 0 aromatic heterocycles. The van der Waals surface area contributed by atoms with E-state index in [1.807, 2.05) is 0 Å². The molecule has 1 aromatic carbocycles. The van der Waals surface area contributed by atoms with Gasteiger partial charge in [0.15, 0.2) is 0 Å². The molecule has 0 heterocycles. The summed E-state index contributed by atoms with van der Waals surface area (Å²) in [6.45, 7) is 7.57. The van der Waals surface area contributed by atoms with Crippen LogP contribution in [0.1, 0.15) is 38.1 Å². The van der Waals surface area contributed by atoms with Gasteiger partial charge >= 0.3 is 0 Å². The maximum atomic E-state index is 12.3. The topological polar surface area (TPSA) is 113 Å². The fourth-order valence-corrected chi connectivity index (χ4v) is 1.79. The quantitative estimate of drug-likeness (QED) is 0.618. The zero-order chi connectivity index (χ0) is 18.3. The van der Waals surface area contributed by atoms with Gasteiger partial charge in [-0.25, -0.2) is 0 Å². The minimum atomic E-state index is -0.725. The summed E-state index contributed by atoms with van der Waals surface area (Å²) in [5, 5.41) is 7.99. The molecule has 1 unspecified atom stereocenters. The highest BCUT2D eigenvalue weighted by Crippen LogP contribution is 2.16. The highest BCUT2D eigenvalue weighted by Gasteiger charge is 2.25. The van der Waals surface area contributed by atoms with E-state index in [0.717, 1.165) is 0 Å². The Hall–Kier alpha value is -2.41. The molecule has 0 aliphatic carbocycles. The van der Waals surface area contributed by atoms with Crippen LogP contribution < -0.4 is 21.7 Å². The molecular formula is C17H26N4O3. The van der Waals surface area contributed by atoms with Crippen LogP contribution in [0.4, 0.5) is 5.69 Å². The molecule has 7 nitrogen and oxygen atoms in total. The summed E-state index contributed by atoms with van der Waals surface area (Å²) in [6, 6.07) is 5.94. The number of nitrogens with one attached hydrogen (secondary N) is 3. The molecule has 0 aliphatic rings. The van der Waals surface area contributed by atoms with E-state index in [9.17, 15) is 14.4 Å². The Morgan fingerprint density at radius 3 is 2.38 bits per heavy atom. The Balaban J connectivity index is 2.80. The van der Waals surface area contributed by atoms with Gasteiger partial charge in [0.2, 0.25) is 11.8 Å². The van der Waals surface area contributed by atoms with E-state index < -0.39 is 17.4 Å². The van der Waals surface area contributed by atoms with Crippen LogP contribution in [0.3, 0.4) is 0 Å². The van der Waals surface area contributed by atoms with Crippen LogP contribution in [0.5, 0.6) is 0 Å². The summed E-state index contributed by atoms with van der Waals surface area (Å²) in [5.74, 6) is -0.937. The van der Waals surface area contributed by atoms with Crippen LogP contribution in [0.15, 0.2) is 24.3 Å². The van der Waals surface area contributed by atoms with Crippen LogP contribution in [0, 0.1) is 5.41 Å². The van der Waals surface area contributed by atoms with Gasteiger partial charge in [-0.1, -0.05) is 32.9 Å². The maximum Gasteiger partial charge on any atom is 0.253 e. The van der Waals surface area contributed by atoms with Gasteiger partial charge in [-0.3, -0.25) is 14.4 Å². The first kappa shape index (κ1) is 19.6. The monoisotopic (exact) mass is 334 g/mol. The van der Waals surface area contributed by atoms with Gasteiger partial charge in [0.1, 0.15) is 6.04 Å². The maximum absolute atomic E-state index is 12.3. The number of hydrogen-bond acceptors (Lipinski definition) is 4. The Labute approximate surface area is 142 Å². The summed E-state index contributed by atoms with van der Waals surface area (Å²) in [7, 11) is 0. The summed E-state index contributed by atoms with van der Waals surface area (Å²) in [4.78, 5) is 36.3. The molecule has 7 heteroatoms. The lowest BCUT2D eigenvalue weighted by Crippen LogP contribution is -2.46. The predicted octanol–water partition coefficient (Wildman–Crippen LogP) is 0.864. The highest BCUT2D eigenvalue weighted by molar-refractivity contribution is 6.05. The first-order chi connectivity index (χ1) is 11.2. The number of carbonyl (C=O) groups is 3. The van der Waals surface area contributed by atoms with Gasteiger partial charge in [-0.05, 0) is 19.1 Å². The van der Waals surface area contributed by atoms with Crippen LogP contribution >= 0.6 is 0 Å². The van der Waals surface area contributed by atoms with Crippen LogP contribution in [-0.4, -0.2) is 36.9 Å². The fourth-order valence-electron chi connectivity index (χ4n) is 1.79. The SMILES string of the molecule is CC(NC(=O)C(C)(C)C)C(=O)Nc1ccccc1C(=O)NCCN. The number of nitrogens with two attached hydrogens (primary N) is 1. The largest absolute Gasteiger partial charge is 0.351 e. The molecule has 24 heavy (non-hydrogen) atoms. The Morgan fingerprint density at radius 1 is 1.17 bits per heavy atom. The fraction of sp³-hybridized carbons (Fsp3) is 0.471.